The van der Waals surface area contributed by atoms with Crippen molar-refractivity contribution in [3.8, 4) is 0 Å². The molecule has 2 unspecified atom stereocenters. The number of halogens is 2. The molecule has 1 fully saturated rings. The molecular formula is C10H15F2N6O13P3. The zero-order valence-electron chi connectivity index (χ0n) is 16.1. The predicted octanol–water partition coefficient (Wildman–Crippen LogP) is -0.257. The van der Waals surface area contributed by atoms with Gasteiger partial charge in [-0.15, -0.1) is 0 Å². The monoisotopic (exact) mass is 558 g/mol. The first-order chi connectivity index (χ1) is 15.3. The molecule has 0 aliphatic carbocycles. The van der Waals surface area contributed by atoms with Crippen LogP contribution >= 0.6 is 23.5 Å². The Bertz CT molecular complexity index is 1190. The van der Waals surface area contributed by atoms with Gasteiger partial charge in [0.1, 0.15) is 11.4 Å². The van der Waals surface area contributed by atoms with Crippen LogP contribution in [0.1, 0.15) is 6.23 Å². The number of ether oxygens (including phenoxy) is 1. The molecule has 0 spiro atoms. The Hall–Kier alpha value is -1.82. The quantitative estimate of drug-likeness (QED) is 0.0933. The van der Waals surface area contributed by atoms with E-state index in [9.17, 15) is 37.3 Å². The first kappa shape index (κ1) is 28.4. The highest BCUT2D eigenvalue weighted by Gasteiger charge is 2.67. The smallest absolute Gasteiger partial charge is 0.383 e. The van der Waals surface area contributed by atoms with Crippen molar-refractivity contribution in [3.05, 3.63) is 33.2 Å². The fraction of sp³-hybridized carbons (Fsp3) is 0.600. The van der Waals surface area contributed by atoms with Crippen molar-refractivity contribution in [2.24, 2.45) is 5.11 Å². The van der Waals surface area contributed by atoms with Crippen molar-refractivity contribution in [2.75, 3.05) is 18.9 Å². The molecule has 0 saturated carbocycles. The minimum Gasteiger partial charge on any atom is -0.383 e. The van der Waals surface area contributed by atoms with E-state index >= 15 is 0 Å². The summed E-state index contributed by atoms with van der Waals surface area (Å²) in [6.45, 7) is -2.82. The van der Waals surface area contributed by atoms with Crippen LogP contribution in [0, 0.1) is 0 Å². The maximum atomic E-state index is 14.8. The number of aromatic nitrogens is 2. The largest absolute Gasteiger partial charge is 0.490 e. The summed E-state index contributed by atoms with van der Waals surface area (Å²) in [4.78, 5) is 53.2. The van der Waals surface area contributed by atoms with Crippen LogP contribution in [0.4, 0.5) is 14.6 Å². The fourth-order valence-corrected chi connectivity index (χ4v) is 5.70. The molecule has 24 heteroatoms. The van der Waals surface area contributed by atoms with Gasteiger partial charge in [-0.1, -0.05) is 5.11 Å². The Morgan fingerprint density at radius 2 is 1.88 bits per heavy atom. The van der Waals surface area contributed by atoms with Gasteiger partial charge >= 0.3 is 35.1 Å². The number of alkyl halides is 2. The topological polar surface area (TPSA) is 299 Å². The Kier molecular flexibility index (Phi) is 8.09. The molecule has 0 aromatic carbocycles. The summed E-state index contributed by atoms with van der Waals surface area (Å²) in [6, 6.07) is 0.923. The number of phosphoric ester groups is 1. The maximum Gasteiger partial charge on any atom is 0.490 e. The molecule has 1 aliphatic heterocycles. The van der Waals surface area contributed by atoms with E-state index in [0.717, 1.165) is 12.3 Å². The van der Waals surface area contributed by atoms with Gasteiger partial charge in [0.05, 0.1) is 13.2 Å². The van der Waals surface area contributed by atoms with E-state index in [1.165, 1.54) is 0 Å². The van der Waals surface area contributed by atoms with E-state index in [2.05, 4.69) is 28.2 Å². The van der Waals surface area contributed by atoms with E-state index in [1.807, 2.05) is 0 Å². The van der Waals surface area contributed by atoms with Gasteiger partial charge in [-0.25, -0.2) is 18.5 Å². The lowest BCUT2D eigenvalue weighted by atomic mass is 9.95. The minimum absolute atomic E-state index is 0.197. The molecule has 34 heavy (non-hydrogen) atoms. The van der Waals surface area contributed by atoms with Crippen molar-refractivity contribution in [1.29, 1.82) is 0 Å². The summed E-state index contributed by atoms with van der Waals surface area (Å²) in [5.74, 6) is -4.71. The predicted molar refractivity (Wildman–Crippen MR) is 101 cm³/mol. The maximum absolute atomic E-state index is 14.8. The number of aliphatic hydroxyl groups is 1. The Labute approximate surface area is 185 Å². The first-order valence-electron chi connectivity index (χ1n) is 8.22. The number of hydrogen-bond acceptors (Lipinski definition) is 12. The summed E-state index contributed by atoms with van der Waals surface area (Å²) in [7, 11) is -17.5. The molecule has 1 saturated heterocycles. The van der Waals surface area contributed by atoms with Crippen molar-refractivity contribution in [2.45, 2.75) is 23.9 Å². The average molecular weight is 558 g/mol. The molecule has 2 heterocycles. The third kappa shape index (κ3) is 6.65. The van der Waals surface area contributed by atoms with Gasteiger partial charge in [0.25, 0.3) is 0 Å². The Morgan fingerprint density at radius 3 is 2.41 bits per heavy atom. The molecule has 0 radical (unpaired) electrons. The molecule has 192 valence electrons. The van der Waals surface area contributed by atoms with E-state index in [4.69, 9.17) is 30.7 Å². The highest BCUT2D eigenvalue weighted by Crippen LogP contribution is 2.66. The van der Waals surface area contributed by atoms with Crippen molar-refractivity contribution in [1.82, 2.24) is 9.55 Å². The summed E-state index contributed by atoms with van der Waals surface area (Å²) in [5, 5.41) is 13.2. The van der Waals surface area contributed by atoms with Gasteiger partial charge in [-0.05, 0) is 11.6 Å². The summed E-state index contributed by atoms with van der Waals surface area (Å²) >= 11 is 0. The van der Waals surface area contributed by atoms with Crippen LogP contribution < -0.4 is 11.4 Å². The number of aliphatic hydroxyl groups excluding tert-OH is 1. The molecule has 19 nitrogen and oxygen atoms in total. The van der Waals surface area contributed by atoms with E-state index in [0.29, 0.717) is 0 Å². The SMILES string of the molecule is [N-]=[N+]=NC[C@]1(COP(=O)(O)OP(=O)(O)OP(=O)(O)O)O[C@@H](n2ccc(N)nc2=O)C(F)(F)[C@@H]1O. The van der Waals surface area contributed by atoms with Crippen LogP contribution in [0.5, 0.6) is 0 Å². The summed E-state index contributed by atoms with van der Waals surface area (Å²) < 4.78 is 80.1. The molecular weight excluding hydrogens is 543 g/mol. The number of phosphoric acid groups is 3. The highest BCUT2D eigenvalue weighted by molar-refractivity contribution is 7.66. The second kappa shape index (κ2) is 9.67. The number of rotatable bonds is 10. The molecule has 5 atom stereocenters. The highest BCUT2D eigenvalue weighted by atomic mass is 31.3. The van der Waals surface area contributed by atoms with E-state index in [-0.39, 0.29) is 10.4 Å². The molecule has 1 aliphatic rings. The van der Waals surface area contributed by atoms with Gasteiger partial charge in [-0.2, -0.15) is 22.4 Å². The van der Waals surface area contributed by atoms with Crippen molar-refractivity contribution >= 4 is 29.3 Å². The molecule has 1 aromatic heterocycles. The molecule has 2 rings (SSSR count). The first-order valence-corrected chi connectivity index (χ1v) is 12.7. The third-order valence-corrected chi connectivity index (χ3v) is 7.71. The Balaban J connectivity index is 2.37. The lowest BCUT2D eigenvalue weighted by Gasteiger charge is -2.30. The second-order valence-electron chi connectivity index (χ2n) is 6.41. The lowest BCUT2D eigenvalue weighted by molar-refractivity contribution is -0.144. The normalized spacial score (nSPS) is 28.0. The number of nitrogens with two attached hydrogens (primary N) is 1. The second-order valence-corrected chi connectivity index (χ2v) is 10.8. The number of nitrogen functional groups attached to an aromatic ring is 1. The summed E-state index contributed by atoms with van der Waals surface area (Å²) in [5.41, 5.74) is 9.57. The number of hydrogen-bond donors (Lipinski definition) is 6. The van der Waals surface area contributed by atoms with Crippen LogP contribution in [-0.4, -0.2) is 65.0 Å². The number of anilines is 1. The van der Waals surface area contributed by atoms with Crippen molar-refractivity contribution < 1.29 is 65.0 Å². The Morgan fingerprint density at radius 1 is 1.26 bits per heavy atom. The molecule has 7 N–H and O–H groups in total. The molecule has 0 amide bonds. The average Bonchev–Trinajstić information content (AvgIpc) is 2.83. The van der Waals surface area contributed by atoms with Gasteiger partial charge in [-0.3, -0.25) is 9.09 Å². The minimum atomic E-state index is -5.95. The van der Waals surface area contributed by atoms with Crippen LogP contribution in [0.3, 0.4) is 0 Å². The van der Waals surface area contributed by atoms with E-state index < -0.39 is 66.2 Å². The molecule has 1 aromatic rings. The van der Waals surface area contributed by atoms with Gasteiger partial charge in [0, 0.05) is 11.1 Å². The zero-order valence-corrected chi connectivity index (χ0v) is 18.8. The molecule has 0 bridgehead atoms. The number of nitrogens with zero attached hydrogens (tertiary/aromatic N) is 5. The lowest BCUT2D eigenvalue weighted by Crippen LogP contribution is -2.51. The standard InChI is InChI=1S/C10H15F2N6O13P3/c11-10(12)6(19)9(3-15-17-14,29-7(10)18-2-1-5(13)16-8(18)20)4-28-33(24,25)31-34(26,27)30-32(21,22)23/h1-2,6-7,19H,3-4H2,(H,24,25)(H,26,27)(H2,13,16,20)(H2,21,22,23)/t6-,7-,9-/m1/s1. The van der Waals surface area contributed by atoms with Crippen LogP contribution in [0.25, 0.3) is 10.4 Å². The van der Waals surface area contributed by atoms with Crippen molar-refractivity contribution in [3.63, 3.8) is 0 Å². The van der Waals surface area contributed by atoms with Gasteiger partial charge in [0.2, 0.25) is 6.23 Å². The van der Waals surface area contributed by atoms with Crippen LogP contribution in [-0.2, 0) is 31.6 Å². The van der Waals surface area contributed by atoms with E-state index in [1.54, 1.807) is 0 Å². The third-order valence-electron chi connectivity index (χ3n) is 3.93. The van der Waals surface area contributed by atoms with Gasteiger partial charge in [0.15, 0.2) is 6.10 Å². The number of azide groups is 1. The van der Waals surface area contributed by atoms with Gasteiger partial charge < -0.3 is 35.2 Å². The van der Waals surface area contributed by atoms with Crippen LogP contribution in [0.2, 0.25) is 0 Å². The summed E-state index contributed by atoms with van der Waals surface area (Å²) in [6.07, 6.45) is -4.91. The zero-order chi connectivity index (χ0) is 26.2. The van der Waals surface area contributed by atoms with Crippen LogP contribution in [0.15, 0.2) is 22.2 Å². The fourth-order valence-electron chi connectivity index (χ4n) is 2.63.